The average Bonchev–Trinajstić information content (AvgIpc) is 3.58. The van der Waals surface area contributed by atoms with Crippen molar-refractivity contribution in [3.63, 3.8) is 0 Å². The molecule has 19 nitrogen and oxygen atoms in total. The van der Waals surface area contributed by atoms with Gasteiger partial charge in [0.15, 0.2) is 0 Å². The van der Waals surface area contributed by atoms with Crippen LogP contribution in [0, 0.1) is 5.92 Å². The summed E-state index contributed by atoms with van der Waals surface area (Å²) in [6.45, 7) is 13.2. The molecule has 1 aromatic rings. The zero-order chi connectivity index (χ0) is 44.1. The highest BCUT2D eigenvalue weighted by molar-refractivity contribution is 6.00. The third-order valence-corrected chi connectivity index (χ3v) is 9.26. The second-order valence-corrected chi connectivity index (χ2v) is 16.2. The van der Waals surface area contributed by atoms with Gasteiger partial charge < -0.3 is 46.8 Å². The molecule has 1 aromatic carbocycles. The van der Waals surface area contributed by atoms with E-state index < -0.39 is 102 Å². The first-order valence-corrected chi connectivity index (χ1v) is 19.5. The van der Waals surface area contributed by atoms with Crippen LogP contribution in [0.4, 0.5) is 4.79 Å². The number of benzene rings is 1. The normalized spacial score (nSPS) is 25.1. The Labute approximate surface area is 339 Å². The van der Waals surface area contributed by atoms with Gasteiger partial charge in [0.25, 0.3) is 5.91 Å². The molecule has 2 saturated heterocycles. The smallest absolute Gasteiger partial charge is 0.322 e. The lowest BCUT2D eigenvalue weighted by Crippen LogP contribution is -2.65. The number of imide groups is 1. The lowest BCUT2D eigenvalue weighted by atomic mass is 10.0. The number of phenolic OH excluding ortho intramolecular Hbond substituents is 1. The lowest BCUT2D eigenvalue weighted by Gasteiger charge is -2.38. The SMILES string of the molecule is CC(C)C[C@@H]1NC(=O)CN(C)C(=O)[C@H](Cc2ccc(O)cc2)NC(=O)[C@@H]2CCCN2[C@@H](C(=O)NC(C)(C)C)[C@H](C)NC(=O)C([C@@H](C)O)NC(=O)NC1=O.CCC(=O)O. The Hall–Kier alpha value is -5.30. The number of nitrogens with one attached hydrogen (secondary N) is 6. The number of nitrogens with zero attached hydrogens (tertiary/aromatic N) is 2. The lowest BCUT2D eigenvalue weighted by molar-refractivity contribution is -0.140. The molecule has 324 valence electrons. The number of aliphatic hydroxyl groups is 1. The molecular weight excluding hydrogens is 756 g/mol. The molecule has 3 rings (SSSR count). The summed E-state index contributed by atoms with van der Waals surface area (Å²) in [6, 6.07) is -1.94. The van der Waals surface area contributed by atoms with Gasteiger partial charge in [-0.1, -0.05) is 32.9 Å². The van der Waals surface area contributed by atoms with E-state index >= 15 is 0 Å². The quantitative estimate of drug-likeness (QED) is 0.172. The summed E-state index contributed by atoms with van der Waals surface area (Å²) in [5.74, 6) is -4.96. The predicted octanol–water partition coefficient (Wildman–Crippen LogP) is -0.269. The summed E-state index contributed by atoms with van der Waals surface area (Å²) in [5, 5.41) is 43.5. The molecule has 58 heavy (non-hydrogen) atoms. The first-order valence-electron chi connectivity index (χ1n) is 19.5. The van der Waals surface area contributed by atoms with Gasteiger partial charge in [-0.3, -0.25) is 43.8 Å². The number of carboxylic acids is 1. The summed E-state index contributed by atoms with van der Waals surface area (Å²) in [6.07, 6.45) is -0.252. The second-order valence-electron chi connectivity index (χ2n) is 16.2. The van der Waals surface area contributed by atoms with Gasteiger partial charge in [-0.05, 0) is 84.0 Å². The number of aliphatic carboxylic acids is 1. The molecule has 0 spiro atoms. The van der Waals surface area contributed by atoms with Crippen molar-refractivity contribution < 1.29 is 53.7 Å². The number of aromatic hydroxyl groups is 1. The maximum atomic E-state index is 14.1. The number of phenols is 1. The van der Waals surface area contributed by atoms with Crippen molar-refractivity contribution >= 4 is 47.4 Å². The molecule has 0 bridgehead atoms. The van der Waals surface area contributed by atoms with Crippen LogP contribution in [0.15, 0.2) is 24.3 Å². The third kappa shape index (κ3) is 15.6. The number of carboxylic acid groups (broad SMARTS) is 1. The molecule has 0 aliphatic carbocycles. The number of carbonyl (C=O) groups is 8. The number of hydrogen-bond acceptors (Lipinski definition) is 11. The van der Waals surface area contributed by atoms with Crippen molar-refractivity contribution in [2.24, 2.45) is 5.92 Å². The monoisotopic (exact) mass is 818 g/mol. The highest BCUT2D eigenvalue weighted by Gasteiger charge is 2.44. The summed E-state index contributed by atoms with van der Waals surface area (Å²) in [7, 11) is 1.38. The number of likely N-dealkylation sites (N-methyl/N-ethyl adjacent to an activating group) is 1. The van der Waals surface area contributed by atoms with Gasteiger partial charge in [-0.25, -0.2) is 4.79 Å². The molecule has 2 fully saturated rings. The minimum atomic E-state index is -1.56. The minimum absolute atomic E-state index is 0.00183. The van der Waals surface area contributed by atoms with E-state index in [-0.39, 0.29) is 37.5 Å². The van der Waals surface area contributed by atoms with Crippen molar-refractivity contribution in [3.05, 3.63) is 29.8 Å². The highest BCUT2D eigenvalue weighted by Crippen LogP contribution is 2.24. The zero-order valence-electron chi connectivity index (χ0n) is 34.9. The van der Waals surface area contributed by atoms with Crippen LogP contribution in [0.5, 0.6) is 5.75 Å². The Morgan fingerprint density at radius 2 is 1.52 bits per heavy atom. The van der Waals surface area contributed by atoms with Gasteiger partial charge >= 0.3 is 12.0 Å². The van der Waals surface area contributed by atoms with Crippen LogP contribution in [0.25, 0.3) is 0 Å². The van der Waals surface area contributed by atoms with Gasteiger partial charge in [0.1, 0.15) is 29.9 Å². The molecule has 8 amide bonds. The van der Waals surface area contributed by atoms with Crippen molar-refractivity contribution in [1.82, 2.24) is 41.7 Å². The van der Waals surface area contributed by atoms with Crippen molar-refractivity contribution in [3.8, 4) is 5.75 Å². The van der Waals surface area contributed by atoms with E-state index in [4.69, 9.17) is 5.11 Å². The highest BCUT2D eigenvalue weighted by atomic mass is 16.4. The van der Waals surface area contributed by atoms with Crippen LogP contribution in [0.3, 0.4) is 0 Å². The van der Waals surface area contributed by atoms with Crippen LogP contribution >= 0.6 is 0 Å². The van der Waals surface area contributed by atoms with Gasteiger partial charge in [0, 0.05) is 25.4 Å². The number of urea groups is 1. The van der Waals surface area contributed by atoms with E-state index in [2.05, 4.69) is 31.9 Å². The van der Waals surface area contributed by atoms with Crippen molar-refractivity contribution in [2.75, 3.05) is 20.1 Å². The Morgan fingerprint density at radius 1 is 0.914 bits per heavy atom. The maximum absolute atomic E-state index is 14.1. The first-order chi connectivity index (χ1) is 26.9. The summed E-state index contributed by atoms with van der Waals surface area (Å²) < 4.78 is 0. The minimum Gasteiger partial charge on any atom is -0.508 e. The number of hydrogen-bond donors (Lipinski definition) is 9. The first kappa shape index (κ1) is 48.8. The molecular formula is C39H62N8O11. The molecule has 0 saturated carbocycles. The van der Waals surface area contributed by atoms with Crippen molar-refractivity contribution in [1.29, 1.82) is 0 Å². The topological polar surface area (TPSA) is 276 Å². The molecule has 1 unspecified atom stereocenters. The number of rotatable bonds is 7. The van der Waals surface area contributed by atoms with Gasteiger partial charge in [-0.2, -0.15) is 0 Å². The second kappa shape index (κ2) is 22.0. The third-order valence-electron chi connectivity index (χ3n) is 9.26. The van der Waals surface area contributed by atoms with Gasteiger partial charge in [0.05, 0.1) is 24.7 Å². The van der Waals surface area contributed by atoms with Crippen molar-refractivity contribution in [2.45, 2.75) is 135 Å². The number of amides is 8. The molecule has 0 radical (unpaired) electrons. The Kier molecular flexibility index (Phi) is 18.5. The molecule has 7 atom stereocenters. The van der Waals surface area contributed by atoms with E-state index in [1.807, 2.05) is 0 Å². The van der Waals surface area contributed by atoms with Crippen LogP contribution in [-0.2, 0) is 40.0 Å². The Bertz CT molecular complexity index is 1630. The van der Waals surface area contributed by atoms with Gasteiger partial charge in [0.2, 0.25) is 29.5 Å². The maximum Gasteiger partial charge on any atom is 0.322 e. The Balaban J connectivity index is 0.00000218. The van der Waals surface area contributed by atoms with E-state index in [0.717, 1.165) is 4.90 Å². The zero-order valence-corrected chi connectivity index (χ0v) is 34.9. The van der Waals surface area contributed by atoms with Crippen LogP contribution in [0.1, 0.15) is 86.6 Å². The summed E-state index contributed by atoms with van der Waals surface area (Å²) >= 11 is 0. The molecule has 2 aliphatic heterocycles. The van der Waals surface area contributed by atoms with Crippen LogP contribution < -0.4 is 31.9 Å². The molecule has 0 aromatic heterocycles. The fourth-order valence-electron chi connectivity index (χ4n) is 6.52. The summed E-state index contributed by atoms with van der Waals surface area (Å²) in [4.78, 5) is 107. The fraction of sp³-hybridized carbons (Fsp3) is 0.641. The molecule has 2 heterocycles. The fourth-order valence-corrected chi connectivity index (χ4v) is 6.52. The summed E-state index contributed by atoms with van der Waals surface area (Å²) in [5.41, 5.74) is -0.0858. The van der Waals surface area contributed by atoms with Gasteiger partial charge in [-0.15, -0.1) is 0 Å². The average molecular weight is 819 g/mol. The number of aliphatic hydroxyl groups excluding tert-OH is 1. The predicted molar refractivity (Wildman–Crippen MR) is 212 cm³/mol. The number of fused-ring (bicyclic) bond motifs is 1. The molecule has 19 heteroatoms. The Morgan fingerprint density at radius 3 is 2.05 bits per heavy atom. The standard InChI is InChI=1S/C36H56N8O9.C3H6O2/c1-19(2)16-24-30(48)41-35(53)40-28(21(4)45)32(50)37-20(3)29(33(51)42-36(5,6)7)44-15-9-10-26(44)31(49)39-25(17-22-11-13-23(46)14-12-22)34(52)43(8)18-27(47)38-24;1-2-3(4)5/h11-14,19-21,24-26,28-29,45-46H,9-10,15-18H2,1-8H3,(H,37,50)(H,38,47)(H,39,49)(H,42,51)(H2,40,41,48,53);2H2,1H3,(H,4,5)/t20-,21+,24-,25-,26-,28?,29+;/m0./s1. The van der Waals surface area contributed by atoms with E-state index in [1.54, 1.807) is 65.5 Å². The van der Waals surface area contributed by atoms with E-state index in [9.17, 15) is 48.6 Å². The van der Waals surface area contributed by atoms with E-state index in [1.165, 1.54) is 26.1 Å². The largest absolute Gasteiger partial charge is 0.508 e. The van der Waals surface area contributed by atoms with Crippen LogP contribution in [-0.4, -0.2) is 141 Å². The molecule has 9 N–H and O–H groups in total. The van der Waals surface area contributed by atoms with E-state index in [0.29, 0.717) is 18.4 Å². The molecule has 2 aliphatic rings. The number of carbonyl (C=O) groups excluding carboxylic acids is 7. The van der Waals surface area contributed by atoms with Crippen LogP contribution in [0.2, 0.25) is 0 Å².